The number of para-hydroxylation sites is 1. The molecule has 0 atom stereocenters. The molecule has 0 aliphatic rings. The first-order chi connectivity index (χ1) is 10.1. The number of methoxy groups -OCH3 is 2. The minimum Gasteiger partial charge on any atom is -0.493 e. The van der Waals surface area contributed by atoms with Crippen molar-refractivity contribution in [2.45, 2.75) is 6.54 Å². The third kappa shape index (κ3) is 3.57. The van der Waals surface area contributed by atoms with E-state index < -0.39 is 0 Å². The molecule has 0 unspecified atom stereocenters. The van der Waals surface area contributed by atoms with Crippen LogP contribution < -0.4 is 9.47 Å². The van der Waals surface area contributed by atoms with Gasteiger partial charge in [0.15, 0.2) is 11.5 Å². The van der Waals surface area contributed by atoms with Crippen molar-refractivity contribution in [1.29, 1.82) is 0 Å². The highest BCUT2D eigenvalue weighted by molar-refractivity contribution is 9.11. The average Bonchev–Trinajstić information content (AvgIpc) is 2.92. The number of carbonyl (C=O) groups excluding carboxylic acids is 1. The molecular weight excluding hydrogens is 354 g/mol. The summed E-state index contributed by atoms with van der Waals surface area (Å²) in [7, 11) is 4.96. The van der Waals surface area contributed by atoms with Crippen LogP contribution in [-0.2, 0) is 6.54 Å². The van der Waals surface area contributed by atoms with Gasteiger partial charge in [-0.25, -0.2) is 0 Å². The van der Waals surface area contributed by atoms with Gasteiger partial charge in [-0.05, 0) is 28.1 Å². The largest absolute Gasteiger partial charge is 0.493 e. The van der Waals surface area contributed by atoms with Crippen LogP contribution in [0.1, 0.15) is 15.9 Å². The summed E-state index contributed by atoms with van der Waals surface area (Å²) in [5.74, 6) is 1.29. The number of nitrogens with zero attached hydrogens (tertiary/aromatic N) is 1. The van der Waals surface area contributed by atoms with E-state index in [1.54, 1.807) is 26.2 Å². The number of carbonyl (C=O) groups is 1. The number of benzene rings is 1. The molecule has 1 amide bonds. The normalized spacial score (nSPS) is 10.3. The van der Waals surface area contributed by atoms with E-state index >= 15 is 0 Å². The molecule has 0 aliphatic heterocycles. The van der Waals surface area contributed by atoms with Crippen LogP contribution in [0, 0.1) is 0 Å². The molecule has 2 rings (SSSR count). The number of rotatable bonds is 5. The van der Waals surface area contributed by atoms with Gasteiger partial charge in [-0.1, -0.05) is 12.1 Å². The molecule has 0 fully saturated rings. The Labute approximate surface area is 136 Å². The molecule has 1 aromatic carbocycles. The van der Waals surface area contributed by atoms with Crippen molar-refractivity contribution in [1.82, 2.24) is 4.90 Å². The first kappa shape index (κ1) is 15.9. The fourth-order valence-electron chi connectivity index (χ4n) is 2.05. The van der Waals surface area contributed by atoms with E-state index in [1.807, 2.05) is 29.6 Å². The lowest BCUT2D eigenvalue weighted by Gasteiger charge is -2.19. The van der Waals surface area contributed by atoms with Crippen LogP contribution in [0.2, 0.25) is 0 Å². The fraction of sp³-hybridized carbons (Fsp3) is 0.267. The van der Waals surface area contributed by atoms with Crippen molar-refractivity contribution in [3.63, 3.8) is 0 Å². The minimum absolute atomic E-state index is 0.0261. The Kier molecular flexibility index (Phi) is 5.25. The summed E-state index contributed by atoms with van der Waals surface area (Å²) in [6.45, 7) is 0.451. The van der Waals surface area contributed by atoms with E-state index in [0.29, 0.717) is 23.6 Å². The van der Waals surface area contributed by atoms with Crippen molar-refractivity contribution in [3.05, 3.63) is 44.6 Å². The van der Waals surface area contributed by atoms with Crippen LogP contribution in [-0.4, -0.2) is 32.1 Å². The maximum Gasteiger partial charge on any atom is 0.254 e. The van der Waals surface area contributed by atoms with Gasteiger partial charge in [0.05, 0.1) is 23.6 Å². The Morgan fingerprint density at radius 3 is 2.67 bits per heavy atom. The summed E-state index contributed by atoms with van der Waals surface area (Å²) in [5.41, 5.74) is 1.58. The SMILES string of the molecule is COc1cccc(CN(C)C(=O)c2csc(Br)c2)c1OC. The molecule has 0 aliphatic carbocycles. The lowest BCUT2D eigenvalue weighted by molar-refractivity contribution is 0.0784. The van der Waals surface area contributed by atoms with Crippen molar-refractivity contribution in [2.75, 3.05) is 21.3 Å². The monoisotopic (exact) mass is 369 g/mol. The highest BCUT2D eigenvalue weighted by Crippen LogP contribution is 2.31. The van der Waals surface area contributed by atoms with Crippen LogP contribution in [0.15, 0.2) is 33.4 Å². The highest BCUT2D eigenvalue weighted by Gasteiger charge is 2.17. The van der Waals surface area contributed by atoms with Gasteiger partial charge < -0.3 is 14.4 Å². The van der Waals surface area contributed by atoms with Gasteiger partial charge in [0, 0.05) is 24.5 Å². The second kappa shape index (κ2) is 6.95. The summed E-state index contributed by atoms with van der Waals surface area (Å²) in [4.78, 5) is 14.0. The summed E-state index contributed by atoms with van der Waals surface area (Å²) in [6, 6.07) is 7.47. The Hall–Kier alpha value is -1.53. The van der Waals surface area contributed by atoms with Crippen molar-refractivity contribution >= 4 is 33.2 Å². The van der Waals surface area contributed by atoms with Gasteiger partial charge in [-0.3, -0.25) is 4.79 Å². The number of halogens is 1. The standard InChI is InChI=1S/C15H16BrNO3S/c1-17(15(18)11-7-13(16)21-9-11)8-10-5-4-6-12(19-2)14(10)20-3/h4-7,9H,8H2,1-3H3. The molecule has 0 saturated carbocycles. The molecule has 4 nitrogen and oxygen atoms in total. The number of ether oxygens (including phenoxy) is 2. The van der Waals surface area contributed by atoms with Crippen LogP contribution >= 0.6 is 27.3 Å². The van der Waals surface area contributed by atoms with Crippen molar-refractivity contribution < 1.29 is 14.3 Å². The van der Waals surface area contributed by atoms with E-state index in [1.165, 1.54) is 11.3 Å². The molecule has 0 radical (unpaired) electrons. The van der Waals surface area contributed by atoms with Crippen molar-refractivity contribution in [2.24, 2.45) is 0 Å². The van der Waals surface area contributed by atoms with E-state index in [-0.39, 0.29) is 5.91 Å². The third-order valence-electron chi connectivity index (χ3n) is 3.05. The first-order valence-electron chi connectivity index (χ1n) is 6.26. The minimum atomic E-state index is -0.0261. The molecule has 0 N–H and O–H groups in total. The van der Waals surface area contributed by atoms with E-state index in [4.69, 9.17) is 9.47 Å². The highest BCUT2D eigenvalue weighted by atomic mass is 79.9. The molecule has 6 heteroatoms. The predicted octanol–water partition coefficient (Wildman–Crippen LogP) is 3.80. The van der Waals surface area contributed by atoms with Crippen molar-refractivity contribution in [3.8, 4) is 11.5 Å². The fourth-order valence-corrected chi connectivity index (χ4v) is 3.18. The van der Waals surface area contributed by atoms with Gasteiger partial charge >= 0.3 is 0 Å². The number of hydrogen-bond acceptors (Lipinski definition) is 4. The maximum atomic E-state index is 12.4. The second-order valence-corrected chi connectivity index (χ2v) is 6.74. The smallest absolute Gasteiger partial charge is 0.254 e. The molecular formula is C15H16BrNO3S. The molecule has 0 bridgehead atoms. The Bertz CT molecular complexity index is 642. The van der Waals surface area contributed by atoms with E-state index in [9.17, 15) is 4.79 Å². The summed E-state index contributed by atoms with van der Waals surface area (Å²) >= 11 is 4.86. The Morgan fingerprint density at radius 1 is 1.33 bits per heavy atom. The zero-order chi connectivity index (χ0) is 15.4. The second-order valence-electron chi connectivity index (χ2n) is 4.45. The zero-order valence-electron chi connectivity index (χ0n) is 12.1. The quantitative estimate of drug-likeness (QED) is 0.804. The summed E-state index contributed by atoms with van der Waals surface area (Å²) in [6.07, 6.45) is 0. The first-order valence-corrected chi connectivity index (χ1v) is 7.93. The van der Waals surface area contributed by atoms with Crippen LogP contribution in [0.3, 0.4) is 0 Å². The average molecular weight is 370 g/mol. The Morgan fingerprint density at radius 2 is 2.10 bits per heavy atom. The number of amides is 1. The van der Waals surface area contributed by atoms with Crippen LogP contribution in [0.5, 0.6) is 11.5 Å². The van der Waals surface area contributed by atoms with Gasteiger partial charge in [0.2, 0.25) is 0 Å². The lowest BCUT2D eigenvalue weighted by Crippen LogP contribution is -2.26. The van der Waals surface area contributed by atoms with E-state index in [2.05, 4.69) is 15.9 Å². The van der Waals surface area contributed by atoms with Gasteiger partial charge in [0.1, 0.15) is 0 Å². The molecule has 2 aromatic rings. The number of hydrogen-bond donors (Lipinski definition) is 0. The molecule has 0 spiro atoms. The molecule has 112 valence electrons. The molecule has 0 saturated heterocycles. The maximum absolute atomic E-state index is 12.4. The van der Waals surface area contributed by atoms with Gasteiger partial charge in [-0.15, -0.1) is 11.3 Å². The Balaban J connectivity index is 2.19. The van der Waals surface area contributed by atoms with Crippen LogP contribution in [0.25, 0.3) is 0 Å². The zero-order valence-corrected chi connectivity index (χ0v) is 14.5. The van der Waals surface area contributed by atoms with Crippen LogP contribution in [0.4, 0.5) is 0 Å². The van der Waals surface area contributed by atoms with Gasteiger partial charge in [-0.2, -0.15) is 0 Å². The van der Waals surface area contributed by atoms with Gasteiger partial charge in [0.25, 0.3) is 5.91 Å². The topological polar surface area (TPSA) is 38.8 Å². The molecule has 1 aromatic heterocycles. The summed E-state index contributed by atoms with van der Waals surface area (Å²) < 4.78 is 11.6. The van der Waals surface area contributed by atoms with E-state index in [0.717, 1.165) is 9.35 Å². The molecule has 1 heterocycles. The predicted molar refractivity (Wildman–Crippen MR) is 87.4 cm³/mol. The lowest BCUT2D eigenvalue weighted by atomic mass is 10.1. The summed E-state index contributed by atoms with van der Waals surface area (Å²) in [5, 5.41) is 1.84. The number of thiophene rings is 1. The third-order valence-corrected chi connectivity index (χ3v) is 4.56. The molecule has 21 heavy (non-hydrogen) atoms.